The maximum Gasteiger partial charge on any atom is 0.392 e. The van der Waals surface area contributed by atoms with Crippen LogP contribution in [0.15, 0.2) is 40.5 Å². The summed E-state index contributed by atoms with van der Waals surface area (Å²) in [6.45, 7) is 3.84. The quantitative estimate of drug-likeness (QED) is 0.136. The number of aromatic nitrogens is 4. The molecule has 0 radical (unpaired) electrons. The standard InChI is InChI=1S/C21H24F6N5O2PS/c1-13(2)34-14-3-5-15(6-4-14)36-18-16-17(30-19(28)31-18)32(11-29-16)7-8-33-12-35(9-20(22,23)24)10-21(25,26)27/h3-6,11,13H,7-10,12H2,1-2H3,(H2,28,30,31). The van der Waals surface area contributed by atoms with Crippen molar-refractivity contribution in [1.29, 1.82) is 0 Å². The molecule has 3 rings (SSSR count). The molecule has 15 heteroatoms. The number of rotatable bonds is 11. The normalized spacial score (nSPS) is 12.7. The van der Waals surface area contributed by atoms with E-state index >= 15 is 0 Å². The number of ether oxygens (including phenoxy) is 2. The number of hydrogen-bond acceptors (Lipinski definition) is 7. The van der Waals surface area contributed by atoms with Gasteiger partial charge in [-0.2, -0.15) is 31.3 Å². The molecule has 0 aliphatic heterocycles. The highest BCUT2D eigenvalue weighted by atomic mass is 32.2. The van der Waals surface area contributed by atoms with Gasteiger partial charge < -0.3 is 19.8 Å². The minimum absolute atomic E-state index is 0.00805. The molecule has 0 unspecified atom stereocenters. The number of fused-ring (bicyclic) bond motifs is 1. The molecule has 0 atom stereocenters. The topological polar surface area (TPSA) is 88.1 Å². The lowest BCUT2D eigenvalue weighted by atomic mass is 10.3. The van der Waals surface area contributed by atoms with Crippen molar-refractivity contribution in [3.05, 3.63) is 30.6 Å². The summed E-state index contributed by atoms with van der Waals surface area (Å²) in [7, 11) is -2.44. The lowest BCUT2D eigenvalue weighted by Crippen LogP contribution is -2.22. The summed E-state index contributed by atoms with van der Waals surface area (Å²) < 4.78 is 88.2. The summed E-state index contributed by atoms with van der Waals surface area (Å²) >= 11 is 1.31. The highest BCUT2D eigenvalue weighted by molar-refractivity contribution is 7.99. The van der Waals surface area contributed by atoms with Crippen molar-refractivity contribution in [1.82, 2.24) is 19.5 Å². The molecule has 0 fully saturated rings. The Labute approximate surface area is 208 Å². The van der Waals surface area contributed by atoms with Crippen LogP contribution in [0, 0.1) is 0 Å². The highest BCUT2D eigenvalue weighted by Gasteiger charge is 2.38. The Morgan fingerprint density at radius 1 is 1.03 bits per heavy atom. The van der Waals surface area contributed by atoms with E-state index in [2.05, 4.69) is 15.0 Å². The second-order valence-electron chi connectivity index (χ2n) is 7.99. The summed E-state index contributed by atoms with van der Waals surface area (Å²) in [5.41, 5.74) is 6.69. The van der Waals surface area contributed by atoms with E-state index in [1.165, 1.54) is 18.1 Å². The predicted molar refractivity (Wildman–Crippen MR) is 126 cm³/mol. The van der Waals surface area contributed by atoms with Gasteiger partial charge in [0, 0.05) is 11.4 Å². The predicted octanol–water partition coefficient (Wildman–Crippen LogP) is 5.93. The molecule has 3 aromatic rings. The fraction of sp³-hybridized carbons (Fsp3) is 0.476. The zero-order valence-electron chi connectivity index (χ0n) is 19.3. The molecular weight excluding hydrogens is 531 g/mol. The van der Waals surface area contributed by atoms with E-state index in [0.29, 0.717) is 16.2 Å². The first kappa shape index (κ1) is 28.3. The molecular formula is C21H24F6N5O2PS. The number of alkyl halides is 6. The van der Waals surface area contributed by atoms with Crippen molar-refractivity contribution in [2.24, 2.45) is 0 Å². The van der Waals surface area contributed by atoms with Gasteiger partial charge in [0.1, 0.15) is 16.3 Å². The van der Waals surface area contributed by atoms with Crippen LogP contribution in [0.5, 0.6) is 5.75 Å². The number of halogens is 6. The van der Waals surface area contributed by atoms with Crippen molar-refractivity contribution in [2.75, 3.05) is 31.0 Å². The van der Waals surface area contributed by atoms with Gasteiger partial charge in [0.15, 0.2) is 5.65 Å². The molecule has 0 aliphatic rings. The number of hydrogen-bond donors (Lipinski definition) is 1. The zero-order valence-corrected chi connectivity index (χ0v) is 21.0. The van der Waals surface area contributed by atoms with Crippen LogP contribution >= 0.6 is 19.7 Å². The zero-order chi connectivity index (χ0) is 26.5. The molecule has 2 heterocycles. The monoisotopic (exact) mass is 555 g/mol. The first-order chi connectivity index (χ1) is 16.8. The van der Waals surface area contributed by atoms with Gasteiger partial charge in [-0.25, -0.2) is 9.97 Å². The number of nitrogen functional groups attached to an aromatic ring is 1. The van der Waals surface area contributed by atoms with E-state index in [9.17, 15) is 26.3 Å². The number of imidazole rings is 1. The average Bonchev–Trinajstić information content (AvgIpc) is 3.12. The van der Waals surface area contributed by atoms with Crippen LogP contribution in [-0.2, 0) is 11.3 Å². The van der Waals surface area contributed by atoms with Crippen molar-refractivity contribution in [3.8, 4) is 5.75 Å². The van der Waals surface area contributed by atoms with Crippen LogP contribution in [0.2, 0.25) is 0 Å². The number of benzene rings is 1. The van der Waals surface area contributed by atoms with Crippen LogP contribution in [0.3, 0.4) is 0 Å². The number of nitrogens with zero attached hydrogens (tertiary/aromatic N) is 4. The fourth-order valence-electron chi connectivity index (χ4n) is 3.15. The SMILES string of the molecule is CC(C)Oc1ccc(Sc2nc(N)nc3c2ncn3CCOCP(CC(F)(F)F)CC(F)(F)F)cc1. The Hall–Kier alpha value is -2.31. The molecule has 0 saturated carbocycles. The summed E-state index contributed by atoms with van der Waals surface area (Å²) in [5, 5.41) is 0.494. The lowest BCUT2D eigenvalue weighted by Gasteiger charge is -2.20. The summed E-state index contributed by atoms with van der Waals surface area (Å²) in [6.07, 6.45) is -11.5. The Morgan fingerprint density at radius 3 is 2.25 bits per heavy atom. The summed E-state index contributed by atoms with van der Waals surface area (Å²) in [4.78, 5) is 13.6. The molecule has 1 aromatic carbocycles. The average molecular weight is 555 g/mol. The lowest BCUT2D eigenvalue weighted by molar-refractivity contribution is -0.112. The van der Waals surface area contributed by atoms with E-state index in [0.717, 1.165) is 10.6 Å². The minimum atomic E-state index is -4.69. The van der Waals surface area contributed by atoms with Gasteiger partial charge in [-0.3, -0.25) is 0 Å². The largest absolute Gasteiger partial charge is 0.491 e. The van der Waals surface area contributed by atoms with E-state index in [-0.39, 0.29) is 25.2 Å². The maximum absolute atomic E-state index is 12.6. The third kappa shape index (κ3) is 8.97. The molecule has 0 saturated heterocycles. The second-order valence-corrected chi connectivity index (χ2v) is 11.3. The fourth-order valence-corrected chi connectivity index (χ4v) is 5.72. The summed E-state index contributed by atoms with van der Waals surface area (Å²) in [6, 6.07) is 7.37. The Balaban J connectivity index is 1.65. The van der Waals surface area contributed by atoms with Gasteiger partial charge in [0.2, 0.25) is 5.95 Å². The van der Waals surface area contributed by atoms with E-state index in [1.807, 2.05) is 38.1 Å². The molecule has 2 aromatic heterocycles. The van der Waals surface area contributed by atoms with E-state index in [1.54, 1.807) is 4.57 Å². The van der Waals surface area contributed by atoms with Gasteiger partial charge in [-0.1, -0.05) is 19.7 Å². The molecule has 0 aliphatic carbocycles. The first-order valence-electron chi connectivity index (χ1n) is 10.7. The Morgan fingerprint density at radius 2 is 1.67 bits per heavy atom. The van der Waals surface area contributed by atoms with Gasteiger partial charge >= 0.3 is 12.4 Å². The van der Waals surface area contributed by atoms with Crippen LogP contribution < -0.4 is 10.5 Å². The molecule has 0 bridgehead atoms. The molecule has 198 valence electrons. The van der Waals surface area contributed by atoms with E-state index in [4.69, 9.17) is 15.2 Å². The molecule has 0 amide bonds. The van der Waals surface area contributed by atoms with Gasteiger partial charge in [0.05, 0.1) is 37.7 Å². The first-order valence-corrected chi connectivity index (χ1v) is 13.4. The van der Waals surface area contributed by atoms with Crippen LogP contribution in [-0.4, -0.2) is 63.3 Å². The third-order valence-electron chi connectivity index (χ3n) is 4.42. The highest BCUT2D eigenvalue weighted by Crippen LogP contribution is 2.45. The van der Waals surface area contributed by atoms with Crippen molar-refractivity contribution in [2.45, 2.75) is 48.8 Å². The number of anilines is 1. The van der Waals surface area contributed by atoms with E-state index < -0.39 is 38.9 Å². The molecule has 2 N–H and O–H groups in total. The van der Waals surface area contributed by atoms with Gasteiger partial charge in [-0.05, 0) is 38.1 Å². The maximum atomic E-state index is 12.6. The summed E-state index contributed by atoms with van der Waals surface area (Å²) in [5.74, 6) is 0.714. The van der Waals surface area contributed by atoms with Gasteiger partial charge in [0.25, 0.3) is 0 Å². The van der Waals surface area contributed by atoms with Crippen LogP contribution in [0.1, 0.15) is 13.8 Å². The Kier molecular flexibility index (Phi) is 9.28. The van der Waals surface area contributed by atoms with Crippen LogP contribution in [0.4, 0.5) is 32.3 Å². The molecule has 0 spiro atoms. The third-order valence-corrected chi connectivity index (χ3v) is 7.56. The van der Waals surface area contributed by atoms with Gasteiger partial charge in [-0.15, -0.1) is 0 Å². The molecule has 36 heavy (non-hydrogen) atoms. The smallest absolute Gasteiger partial charge is 0.392 e. The minimum Gasteiger partial charge on any atom is -0.491 e. The Bertz CT molecular complexity index is 1120. The molecule has 7 nitrogen and oxygen atoms in total. The van der Waals surface area contributed by atoms with Crippen molar-refractivity contribution in [3.63, 3.8) is 0 Å². The van der Waals surface area contributed by atoms with Crippen LogP contribution in [0.25, 0.3) is 11.2 Å². The number of nitrogens with two attached hydrogens (primary N) is 1. The second kappa shape index (κ2) is 11.8. The van der Waals surface area contributed by atoms with Crippen molar-refractivity contribution >= 4 is 36.8 Å². The van der Waals surface area contributed by atoms with Crippen molar-refractivity contribution < 1.29 is 35.8 Å².